The minimum Gasteiger partial charge on any atom is -0.490 e. The van der Waals surface area contributed by atoms with Gasteiger partial charge in [-0.3, -0.25) is 9.69 Å². The zero-order valence-corrected chi connectivity index (χ0v) is 24.6. The molecule has 0 radical (unpaired) electrons. The number of amides is 1. The second-order valence-corrected chi connectivity index (χ2v) is 10.6. The van der Waals surface area contributed by atoms with E-state index in [0.29, 0.717) is 51.1 Å². The number of carbonyl (C=O) groups is 2. The van der Waals surface area contributed by atoms with Gasteiger partial charge in [-0.15, -0.1) is 0 Å². The maximum atomic E-state index is 13.0. The van der Waals surface area contributed by atoms with Crippen molar-refractivity contribution in [3.63, 3.8) is 0 Å². The predicted octanol–water partition coefficient (Wildman–Crippen LogP) is 6.94. The van der Waals surface area contributed by atoms with Crippen LogP contribution in [0.15, 0.2) is 70.6 Å². The van der Waals surface area contributed by atoms with Gasteiger partial charge in [0, 0.05) is 17.6 Å². The lowest BCUT2D eigenvalue weighted by atomic mass is 10.1. The molecule has 0 spiro atoms. The normalized spacial score (nSPS) is 15.3. The number of likely N-dealkylation sites (N-methyl/N-ethyl adjacent to an activating group) is 1. The topological polar surface area (TPSA) is 77.4 Å². The highest BCUT2D eigenvalue weighted by Crippen LogP contribution is 2.38. The van der Waals surface area contributed by atoms with Crippen LogP contribution in [0, 0.1) is 3.57 Å². The number of ether oxygens (including phenoxy) is 3. The van der Waals surface area contributed by atoms with Gasteiger partial charge in [-0.05, 0) is 95.4 Å². The molecule has 0 aromatic heterocycles. The highest BCUT2D eigenvalue weighted by Gasteiger charge is 2.30. The lowest BCUT2D eigenvalue weighted by Gasteiger charge is -2.15. The standard InChI is InChI=1S/C28H24ClIN2O5S/c1-4-36-23-14-17(13-22(30)25(23)37-16-19-7-5-6-8-21(19)29)15-24-26(33)32(2)28(38-24)31-20-11-9-18(10-12-20)27(34)35-3/h5-15H,4,16H2,1-3H3/b24-15-,31-28?. The molecule has 0 N–H and O–H groups in total. The van der Waals surface area contributed by atoms with E-state index in [-0.39, 0.29) is 5.91 Å². The van der Waals surface area contributed by atoms with Crippen LogP contribution in [-0.4, -0.2) is 42.7 Å². The number of aliphatic imine (C=N–C) groups is 1. The second-order valence-electron chi connectivity index (χ2n) is 8.05. The van der Waals surface area contributed by atoms with E-state index in [1.807, 2.05) is 49.4 Å². The minimum absolute atomic E-state index is 0.160. The Morgan fingerprint density at radius 3 is 2.55 bits per heavy atom. The molecule has 1 fully saturated rings. The third-order valence-corrected chi connectivity index (χ3v) is 7.71. The van der Waals surface area contributed by atoms with Crippen molar-refractivity contribution < 1.29 is 23.8 Å². The molecule has 0 atom stereocenters. The number of amidine groups is 1. The Labute approximate surface area is 244 Å². The van der Waals surface area contributed by atoms with Crippen LogP contribution in [0.25, 0.3) is 6.08 Å². The third kappa shape index (κ3) is 6.51. The average Bonchev–Trinajstić information content (AvgIpc) is 3.16. The molecule has 4 rings (SSSR count). The molecule has 38 heavy (non-hydrogen) atoms. The van der Waals surface area contributed by atoms with E-state index in [1.165, 1.54) is 23.8 Å². The second kappa shape index (κ2) is 12.7. The van der Waals surface area contributed by atoms with Crippen LogP contribution in [0.4, 0.5) is 5.69 Å². The van der Waals surface area contributed by atoms with Crippen molar-refractivity contribution in [2.75, 3.05) is 20.8 Å². The Morgan fingerprint density at radius 1 is 1.13 bits per heavy atom. The molecular weight excluding hydrogens is 639 g/mol. The molecule has 0 unspecified atom stereocenters. The van der Waals surface area contributed by atoms with Crippen LogP contribution in [0.5, 0.6) is 11.5 Å². The minimum atomic E-state index is -0.418. The SMILES string of the molecule is CCOc1cc(/C=C2\SC(=Nc3ccc(C(=O)OC)cc3)N(C)C2=O)cc(I)c1OCc1ccccc1Cl. The van der Waals surface area contributed by atoms with Crippen molar-refractivity contribution >= 4 is 74.8 Å². The molecule has 0 saturated carbocycles. The Balaban J connectivity index is 1.57. The summed E-state index contributed by atoms with van der Waals surface area (Å²) < 4.78 is 17.5. The summed E-state index contributed by atoms with van der Waals surface area (Å²) in [4.78, 5) is 31.2. The van der Waals surface area contributed by atoms with Crippen LogP contribution < -0.4 is 9.47 Å². The summed E-state index contributed by atoms with van der Waals surface area (Å²) in [7, 11) is 3.01. The summed E-state index contributed by atoms with van der Waals surface area (Å²) in [6.07, 6.45) is 1.81. The first-order chi connectivity index (χ1) is 18.3. The Kier molecular flexibility index (Phi) is 9.35. The van der Waals surface area contributed by atoms with Gasteiger partial charge >= 0.3 is 5.97 Å². The Hall–Kier alpha value is -3.02. The van der Waals surface area contributed by atoms with E-state index in [4.69, 9.17) is 25.8 Å². The molecule has 1 heterocycles. The molecule has 7 nitrogen and oxygen atoms in total. The smallest absolute Gasteiger partial charge is 0.337 e. The Morgan fingerprint density at radius 2 is 1.87 bits per heavy atom. The largest absolute Gasteiger partial charge is 0.490 e. The summed E-state index contributed by atoms with van der Waals surface area (Å²) in [5, 5.41) is 1.17. The maximum Gasteiger partial charge on any atom is 0.337 e. The van der Waals surface area contributed by atoms with Crippen LogP contribution in [-0.2, 0) is 16.1 Å². The monoisotopic (exact) mass is 662 g/mol. The summed E-state index contributed by atoms with van der Waals surface area (Å²) in [6.45, 7) is 2.66. The lowest BCUT2D eigenvalue weighted by molar-refractivity contribution is -0.121. The van der Waals surface area contributed by atoms with Crippen LogP contribution in [0.3, 0.4) is 0 Å². The number of hydrogen-bond acceptors (Lipinski definition) is 7. The van der Waals surface area contributed by atoms with Crippen molar-refractivity contribution in [2.45, 2.75) is 13.5 Å². The molecule has 3 aromatic rings. The first-order valence-corrected chi connectivity index (χ1v) is 13.8. The molecule has 0 aliphatic carbocycles. The van der Waals surface area contributed by atoms with Crippen molar-refractivity contribution in [1.82, 2.24) is 4.90 Å². The number of nitrogens with zero attached hydrogens (tertiary/aromatic N) is 2. The van der Waals surface area contributed by atoms with Gasteiger partial charge in [-0.1, -0.05) is 29.8 Å². The van der Waals surface area contributed by atoms with Gasteiger partial charge in [0.25, 0.3) is 5.91 Å². The summed E-state index contributed by atoms with van der Waals surface area (Å²) in [5.74, 6) is 0.627. The van der Waals surface area contributed by atoms with Crippen molar-refractivity contribution in [1.29, 1.82) is 0 Å². The lowest BCUT2D eigenvalue weighted by Crippen LogP contribution is -2.23. The number of rotatable bonds is 8. The van der Waals surface area contributed by atoms with Gasteiger partial charge in [0.1, 0.15) is 6.61 Å². The van der Waals surface area contributed by atoms with Gasteiger partial charge in [-0.2, -0.15) is 0 Å². The molecule has 1 saturated heterocycles. The van der Waals surface area contributed by atoms with Crippen LogP contribution >= 0.6 is 46.0 Å². The van der Waals surface area contributed by atoms with Crippen LogP contribution in [0.1, 0.15) is 28.4 Å². The number of methoxy groups -OCH3 is 1. The van der Waals surface area contributed by atoms with Gasteiger partial charge in [-0.25, -0.2) is 9.79 Å². The fourth-order valence-electron chi connectivity index (χ4n) is 3.54. The molecule has 1 amide bonds. The van der Waals surface area contributed by atoms with Gasteiger partial charge in [0.2, 0.25) is 0 Å². The van der Waals surface area contributed by atoms with Gasteiger partial charge in [0.05, 0.1) is 33.4 Å². The fourth-order valence-corrected chi connectivity index (χ4v) is 5.50. The Bertz CT molecular complexity index is 1430. The van der Waals surface area contributed by atoms with E-state index in [9.17, 15) is 9.59 Å². The molecule has 196 valence electrons. The van der Waals surface area contributed by atoms with E-state index >= 15 is 0 Å². The number of halogens is 2. The highest BCUT2D eigenvalue weighted by atomic mass is 127. The zero-order chi connectivity index (χ0) is 27.2. The first kappa shape index (κ1) is 28.0. The highest BCUT2D eigenvalue weighted by molar-refractivity contribution is 14.1. The number of thioether (sulfide) groups is 1. The van der Waals surface area contributed by atoms with E-state index < -0.39 is 5.97 Å². The van der Waals surface area contributed by atoms with E-state index in [2.05, 4.69) is 27.6 Å². The number of benzene rings is 3. The quantitative estimate of drug-likeness (QED) is 0.148. The molecule has 1 aliphatic rings. The molecule has 10 heteroatoms. The van der Waals surface area contributed by atoms with E-state index in [0.717, 1.165) is 14.7 Å². The van der Waals surface area contributed by atoms with Gasteiger partial charge in [0.15, 0.2) is 16.7 Å². The van der Waals surface area contributed by atoms with Gasteiger partial charge < -0.3 is 14.2 Å². The zero-order valence-electron chi connectivity index (χ0n) is 20.9. The molecule has 0 bridgehead atoms. The summed E-state index contributed by atoms with van der Waals surface area (Å²) >= 11 is 9.76. The average molecular weight is 663 g/mol. The van der Waals surface area contributed by atoms with Crippen molar-refractivity contribution in [3.8, 4) is 11.5 Å². The molecule has 3 aromatic carbocycles. The van der Waals surface area contributed by atoms with Crippen molar-refractivity contribution in [2.24, 2.45) is 4.99 Å². The summed E-state index contributed by atoms with van der Waals surface area (Å²) in [5.41, 5.74) is 2.73. The number of hydrogen-bond donors (Lipinski definition) is 0. The molecule has 1 aliphatic heterocycles. The van der Waals surface area contributed by atoms with Crippen molar-refractivity contribution in [3.05, 3.63) is 90.9 Å². The summed E-state index contributed by atoms with van der Waals surface area (Å²) in [6, 6.07) is 18.0. The molecular formula is C28H24ClIN2O5S. The van der Waals surface area contributed by atoms with E-state index in [1.54, 1.807) is 31.3 Å². The maximum absolute atomic E-state index is 13.0. The predicted molar refractivity (Wildman–Crippen MR) is 159 cm³/mol. The van der Waals surface area contributed by atoms with Crippen LogP contribution in [0.2, 0.25) is 5.02 Å². The number of esters is 1. The first-order valence-electron chi connectivity index (χ1n) is 11.6. The number of carbonyl (C=O) groups excluding carboxylic acids is 2. The third-order valence-electron chi connectivity index (χ3n) is 5.48. The fraction of sp³-hybridized carbons (Fsp3) is 0.179.